The molecule has 9 nitrogen and oxygen atoms in total. The maximum absolute atomic E-state index is 11.7. The summed E-state index contributed by atoms with van der Waals surface area (Å²) >= 11 is 1.39. The number of amides is 1. The second kappa shape index (κ2) is 10.6. The largest absolute Gasteiger partial charge is 0.507 e. The van der Waals surface area contributed by atoms with Crippen molar-refractivity contribution >= 4 is 23.5 Å². The molecule has 10 heteroatoms. The van der Waals surface area contributed by atoms with Crippen LogP contribution < -0.4 is 20.0 Å². The second-order valence-electron chi connectivity index (χ2n) is 6.54. The quantitative estimate of drug-likeness (QED) is 0.379. The van der Waals surface area contributed by atoms with Crippen LogP contribution in [0.5, 0.6) is 17.2 Å². The van der Waals surface area contributed by atoms with E-state index in [9.17, 15) is 9.90 Å². The number of aromatic hydroxyl groups is 1. The summed E-state index contributed by atoms with van der Waals surface area (Å²) in [6.07, 6.45) is 1.65. The molecule has 0 aliphatic rings. The zero-order valence-corrected chi connectivity index (χ0v) is 18.8. The van der Waals surface area contributed by atoms with Gasteiger partial charge in [0.1, 0.15) is 17.2 Å². The van der Waals surface area contributed by atoms with E-state index in [1.54, 1.807) is 44.4 Å². The fraction of sp³-hybridized carbons (Fsp3) is 0.227. The molecule has 0 saturated heterocycles. The first-order valence-electron chi connectivity index (χ1n) is 9.58. The molecule has 0 unspecified atom stereocenters. The van der Waals surface area contributed by atoms with Gasteiger partial charge in [-0.3, -0.25) is 9.79 Å². The smallest absolute Gasteiger partial charge is 0.252 e. The lowest BCUT2D eigenvalue weighted by molar-refractivity contribution is 0.0998. The average molecular weight is 457 g/mol. The predicted molar refractivity (Wildman–Crippen MR) is 123 cm³/mol. The van der Waals surface area contributed by atoms with Crippen LogP contribution in [0.4, 0.5) is 0 Å². The molecule has 1 amide bonds. The highest BCUT2D eigenvalue weighted by molar-refractivity contribution is 7.07. The maximum atomic E-state index is 11.7. The van der Waals surface area contributed by atoms with Crippen molar-refractivity contribution in [2.75, 3.05) is 34.5 Å². The number of rotatable bonds is 9. The highest BCUT2D eigenvalue weighted by Gasteiger charge is 2.13. The average Bonchev–Trinajstić information content (AvgIpc) is 3.20. The number of benzene rings is 2. The van der Waals surface area contributed by atoms with Crippen LogP contribution in [0.15, 0.2) is 51.9 Å². The van der Waals surface area contributed by atoms with E-state index < -0.39 is 5.91 Å². The number of ether oxygens (including phenoxy) is 3. The summed E-state index contributed by atoms with van der Waals surface area (Å²) in [5, 5.41) is 16.4. The number of carbonyl (C=O) groups excluding carboxylic acids is 1. The fourth-order valence-corrected chi connectivity index (χ4v) is 3.75. The number of nitrogens with two attached hydrogens (primary N) is 1. The fourth-order valence-electron chi connectivity index (χ4n) is 2.89. The van der Waals surface area contributed by atoms with Crippen molar-refractivity contribution in [3.63, 3.8) is 0 Å². The Bertz CT molecular complexity index is 1200. The maximum Gasteiger partial charge on any atom is 0.252 e. The van der Waals surface area contributed by atoms with Crippen LogP contribution in [0.1, 0.15) is 15.9 Å². The van der Waals surface area contributed by atoms with Crippen LogP contribution in [-0.2, 0) is 4.74 Å². The van der Waals surface area contributed by atoms with E-state index in [2.05, 4.69) is 10.1 Å². The zero-order chi connectivity index (χ0) is 23.1. The first-order valence-corrected chi connectivity index (χ1v) is 10.5. The van der Waals surface area contributed by atoms with Crippen molar-refractivity contribution in [2.24, 2.45) is 15.8 Å². The molecule has 1 heterocycles. The Hall–Kier alpha value is -3.63. The highest BCUT2D eigenvalue weighted by Crippen LogP contribution is 2.27. The lowest BCUT2D eigenvalue weighted by Gasteiger charge is -2.08. The third-order valence-electron chi connectivity index (χ3n) is 4.54. The molecule has 0 bridgehead atoms. The summed E-state index contributed by atoms with van der Waals surface area (Å²) in [6, 6.07) is 10.0. The van der Waals surface area contributed by atoms with Crippen molar-refractivity contribution in [1.29, 1.82) is 0 Å². The van der Waals surface area contributed by atoms with Gasteiger partial charge < -0.3 is 25.1 Å². The highest BCUT2D eigenvalue weighted by atomic mass is 32.1. The Morgan fingerprint density at radius 3 is 2.69 bits per heavy atom. The predicted octanol–water partition coefficient (Wildman–Crippen LogP) is 2.47. The Kier molecular flexibility index (Phi) is 7.63. The van der Waals surface area contributed by atoms with Crippen molar-refractivity contribution in [3.8, 4) is 28.5 Å². The minimum Gasteiger partial charge on any atom is -0.507 e. The SMILES string of the molecule is COCCN=c1scc(-c2ccc(O)c(C(N)=O)c2)n1/N=C\c1ccc(OC)cc1OC. The standard InChI is InChI=1S/C22H24N4O5S/c1-29-9-8-24-22-26(25-12-15-4-6-16(30-2)11-20(15)31-3)18(13-32-22)14-5-7-19(27)17(10-14)21(23)28/h4-7,10-13,27H,8-9H2,1-3H3,(H2,23,28)/b24-22?,25-12-. The number of thiazole rings is 1. The van der Waals surface area contributed by atoms with E-state index in [1.165, 1.54) is 23.5 Å². The number of carbonyl (C=O) groups is 1. The van der Waals surface area contributed by atoms with Gasteiger partial charge in [0.15, 0.2) is 0 Å². The Balaban J connectivity index is 2.11. The molecule has 3 aromatic rings. The minimum atomic E-state index is -0.720. The van der Waals surface area contributed by atoms with Crippen LogP contribution in [0.2, 0.25) is 0 Å². The Labute approximate surface area is 189 Å². The molecule has 0 radical (unpaired) electrons. The topological polar surface area (TPSA) is 121 Å². The molecule has 0 aliphatic carbocycles. The molecule has 0 saturated carbocycles. The number of hydrogen-bond acceptors (Lipinski definition) is 8. The van der Waals surface area contributed by atoms with Crippen molar-refractivity contribution in [3.05, 3.63) is 57.7 Å². The number of nitrogens with zero attached hydrogens (tertiary/aromatic N) is 3. The summed E-state index contributed by atoms with van der Waals surface area (Å²) in [4.78, 5) is 16.9. The van der Waals surface area contributed by atoms with Gasteiger partial charge in [-0.15, -0.1) is 11.3 Å². The molecule has 168 valence electrons. The van der Waals surface area contributed by atoms with E-state index in [0.717, 1.165) is 5.56 Å². The number of primary amides is 1. The molecular weight excluding hydrogens is 432 g/mol. The summed E-state index contributed by atoms with van der Waals surface area (Å²) in [5.41, 5.74) is 7.48. The first kappa shape index (κ1) is 23.0. The van der Waals surface area contributed by atoms with Crippen LogP contribution in [-0.4, -0.2) is 56.4 Å². The van der Waals surface area contributed by atoms with Gasteiger partial charge in [0.25, 0.3) is 5.91 Å². The number of aromatic nitrogens is 1. The molecule has 0 fully saturated rings. The molecule has 0 atom stereocenters. The molecule has 3 N–H and O–H groups in total. The first-order chi connectivity index (χ1) is 15.5. The third kappa shape index (κ3) is 5.16. The zero-order valence-electron chi connectivity index (χ0n) is 17.9. The van der Waals surface area contributed by atoms with Crippen molar-refractivity contribution in [1.82, 2.24) is 4.68 Å². The van der Waals surface area contributed by atoms with E-state index in [-0.39, 0.29) is 11.3 Å². The molecule has 2 aromatic carbocycles. The monoisotopic (exact) mass is 456 g/mol. The summed E-state index contributed by atoms with van der Waals surface area (Å²) in [5.74, 6) is 0.368. The van der Waals surface area contributed by atoms with E-state index in [0.29, 0.717) is 40.7 Å². The van der Waals surface area contributed by atoms with Crippen LogP contribution in [0, 0.1) is 0 Å². The van der Waals surface area contributed by atoms with Gasteiger partial charge in [0, 0.05) is 29.7 Å². The molecular formula is C22H24N4O5S. The second-order valence-corrected chi connectivity index (χ2v) is 7.38. The molecule has 1 aromatic heterocycles. The van der Waals surface area contributed by atoms with Gasteiger partial charge in [0.2, 0.25) is 4.80 Å². The molecule has 0 spiro atoms. The molecule has 32 heavy (non-hydrogen) atoms. The van der Waals surface area contributed by atoms with E-state index >= 15 is 0 Å². The third-order valence-corrected chi connectivity index (χ3v) is 5.39. The number of methoxy groups -OCH3 is 3. The van der Waals surface area contributed by atoms with Crippen LogP contribution in [0.25, 0.3) is 11.3 Å². The lowest BCUT2D eigenvalue weighted by Crippen LogP contribution is -2.14. The molecule has 0 aliphatic heterocycles. The van der Waals surface area contributed by atoms with Gasteiger partial charge in [-0.25, -0.2) is 4.68 Å². The van der Waals surface area contributed by atoms with Gasteiger partial charge in [0.05, 0.1) is 44.8 Å². The lowest BCUT2D eigenvalue weighted by atomic mass is 10.1. The van der Waals surface area contributed by atoms with E-state index in [1.807, 2.05) is 17.5 Å². The Morgan fingerprint density at radius 1 is 1.19 bits per heavy atom. The van der Waals surface area contributed by atoms with Crippen molar-refractivity contribution in [2.45, 2.75) is 0 Å². The number of hydrogen-bond donors (Lipinski definition) is 2. The molecule has 3 rings (SSSR count). The van der Waals surface area contributed by atoms with Crippen molar-refractivity contribution < 1.29 is 24.1 Å². The van der Waals surface area contributed by atoms with E-state index in [4.69, 9.17) is 19.9 Å². The Morgan fingerprint density at radius 2 is 2.00 bits per heavy atom. The van der Waals surface area contributed by atoms with Crippen LogP contribution in [0.3, 0.4) is 0 Å². The number of phenols is 1. The van der Waals surface area contributed by atoms with Gasteiger partial charge in [-0.05, 0) is 30.3 Å². The van der Waals surface area contributed by atoms with Crippen LogP contribution >= 0.6 is 11.3 Å². The normalized spacial score (nSPS) is 11.8. The summed E-state index contributed by atoms with van der Waals surface area (Å²) in [7, 11) is 4.77. The summed E-state index contributed by atoms with van der Waals surface area (Å²) < 4.78 is 17.4. The van der Waals surface area contributed by atoms with Gasteiger partial charge in [-0.1, -0.05) is 0 Å². The minimum absolute atomic E-state index is 0.0268. The van der Waals surface area contributed by atoms with Gasteiger partial charge >= 0.3 is 0 Å². The summed E-state index contributed by atoms with van der Waals surface area (Å²) in [6.45, 7) is 0.925. The van der Waals surface area contributed by atoms with Gasteiger partial charge in [-0.2, -0.15) is 5.10 Å².